The van der Waals surface area contributed by atoms with Crippen LogP contribution in [0.2, 0.25) is 0 Å². The molecular formula is C27H26N6O. The van der Waals surface area contributed by atoms with E-state index in [1.807, 2.05) is 77.2 Å². The van der Waals surface area contributed by atoms with Crippen molar-refractivity contribution in [2.24, 2.45) is 0 Å². The van der Waals surface area contributed by atoms with Crippen LogP contribution in [0.25, 0.3) is 22.6 Å². The monoisotopic (exact) mass is 450 g/mol. The van der Waals surface area contributed by atoms with Crippen LogP contribution in [0.15, 0.2) is 79.5 Å². The average Bonchev–Trinajstić information content (AvgIpc) is 3.43. The van der Waals surface area contributed by atoms with Gasteiger partial charge in [0.25, 0.3) is 5.91 Å². The van der Waals surface area contributed by atoms with Crippen LogP contribution in [0.1, 0.15) is 42.4 Å². The highest BCUT2D eigenvalue weighted by Crippen LogP contribution is 2.26. The van der Waals surface area contributed by atoms with E-state index in [0.717, 1.165) is 33.8 Å². The summed E-state index contributed by atoms with van der Waals surface area (Å²) in [6.45, 7) is 8.29. The normalized spacial score (nSPS) is 11.6. The van der Waals surface area contributed by atoms with Crippen LogP contribution in [-0.4, -0.2) is 30.1 Å². The summed E-state index contributed by atoms with van der Waals surface area (Å²) in [5, 5.41) is 3.04. The lowest BCUT2D eigenvalue weighted by molar-refractivity contribution is 0.102. The quantitative estimate of drug-likeness (QED) is 0.395. The zero-order valence-electron chi connectivity index (χ0n) is 19.6. The van der Waals surface area contributed by atoms with E-state index in [4.69, 9.17) is 0 Å². The van der Waals surface area contributed by atoms with Gasteiger partial charge in [0.15, 0.2) is 5.65 Å². The topological polar surface area (TPSA) is 77.1 Å². The second-order valence-electron chi connectivity index (χ2n) is 9.35. The maximum absolute atomic E-state index is 13.0. The molecule has 1 aromatic carbocycles. The molecule has 4 heterocycles. The fraction of sp³-hybridized carbons (Fsp3) is 0.185. The summed E-state index contributed by atoms with van der Waals surface area (Å²) < 4.78 is 4.09. The maximum atomic E-state index is 13.0. The van der Waals surface area contributed by atoms with E-state index in [2.05, 4.69) is 41.0 Å². The molecule has 34 heavy (non-hydrogen) atoms. The standard InChI is InChI=1S/C27H26N6O/c1-18-7-8-21(31-26(34)19-9-12-29-24(14-19)27(2,3)4)15-22(18)32-13-10-25-30-17-23(33(25)32)20-6-5-11-28-16-20/h5-17H,1-4H3,(H,31,34). The first-order chi connectivity index (χ1) is 16.3. The Morgan fingerprint density at radius 2 is 1.82 bits per heavy atom. The van der Waals surface area contributed by atoms with Crippen LogP contribution in [-0.2, 0) is 5.41 Å². The first-order valence-electron chi connectivity index (χ1n) is 11.2. The summed E-state index contributed by atoms with van der Waals surface area (Å²) >= 11 is 0. The molecule has 0 aliphatic carbocycles. The summed E-state index contributed by atoms with van der Waals surface area (Å²) in [5.74, 6) is -0.168. The van der Waals surface area contributed by atoms with Gasteiger partial charge in [-0.3, -0.25) is 19.4 Å². The molecule has 0 aliphatic rings. The van der Waals surface area contributed by atoms with Gasteiger partial charge in [-0.2, -0.15) is 0 Å². The number of imidazole rings is 1. The third-order valence-electron chi connectivity index (χ3n) is 5.81. The van der Waals surface area contributed by atoms with E-state index in [1.165, 1.54) is 0 Å². The van der Waals surface area contributed by atoms with Crippen LogP contribution < -0.4 is 5.32 Å². The summed E-state index contributed by atoms with van der Waals surface area (Å²) in [5.41, 5.74) is 6.80. The zero-order chi connectivity index (χ0) is 23.9. The largest absolute Gasteiger partial charge is 0.322 e. The number of amides is 1. The Hall–Kier alpha value is -4.26. The highest BCUT2D eigenvalue weighted by molar-refractivity contribution is 6.04. The van der Waals surface area contributed by atoms with E-state index in [-0.39, 0.29) is 11.3 Å². The summed E-state index contributed by atoms with van der Waals surface area (Å²) in [6.07, 6.45) is 9.09. The minimum Gasteiger partial charge on any atom is -0.322 e. The minimum absolute atomic E-state index is 0.135. The van der Waals surface area contributed by atoms with Gasteiger partial charge in [0.1, 0.15) is 0 Å². The van der Waals surface area contributed by atoms with E-state index in [0.29, 0.717) is 11.3 Å². The number of aryl methyl sites for hydroxylation is 1. The number of hydrogen-bond donors (Lipinski definition) is 1. The number of aromatic nitrogens is 5. The molecule has 0 spiro atoms. The van der Waals surface area contributed by atoms with Crippen molar-refractivity contribution >= 4 is 17.2 Å². The van der Waals surface area contributed by atoms with Crippen LogP contribution in [0.4, 0.5) is 5.69 Å². The maximum Gasteiger partial charge on any atom is 0.255 e. The van der Waals surface area contributed by atoms with Gasteiger partial charge in [-0.05, 0) is 48.9 Å². The molecule has 0 bridgehead atoms. The molecule has 0 saturated heterocycles. The van der Waals surface area contributed by atoms with Crippen LogP contribution in [0.3, 0.4) is 0 Å². The lowest BCUT2D eigenvalue weighted by Crippen LogP contribution is -2.17. The number of nitrogens with one attached hydrogen (secondary N) is 1. The number of rotatable bonds is 4. The van der Waals surface area contributed by atoms with E-state index < -0.39 is 0 Å². The molecule has 0 fully saturated rings. The smallest absolute Gasteiger partial charge is 0.255 e. The SMILES string of the molecule is Cc1ccc(NC(=O)c2ccnc(C(C)(C)C)c2)cc1-n1ccc2ncc(-c3cccnc3)n21. The molecule has 170 valence electrons. The van der Waals surface area contributed by atoms with Crippen LogP contribution >= 0.6 is 0 Å². The summed E-state index contributed by atoms with van der Waals surface area (Å²) in [7, 11) is 0. The van der Waals surface area contributed by atoms with Crippen molar-refractivity contribution in [2.75, 3.05) is 5.32 Å². The van der Waals surface area contributed by atoms with Crippen molar-refractivity contribution < 1.29 is 4.79 Å². The first kappa shape index (κ1) is 21.6. The van der Waals surface area contributed by atoms with E-state index >= 15 is 0 Å². The Morgan fingerprint density at radius 1 is 0.971 bits per heavy atom. The zero-order valence-corrected chi connectivity index (χ0v) is 19.6. The summed E-state index contributed by atoms with van der Waals surface area (Å²) in [4.78, 5) is 26.2. The number of pyridine rings is 2. The Kier molecular flexibility index (Phi) is 5.24. The van der Waals surface area contributed by atoms with Gasteiger partial charge in [0, 0.05) is 58.8 Å². The van der Waals surface area contributed by atoms with Crippen molar-refractivity contribution in [1.29, 1.82) is 0 Å². The van der Waals surface area contributed by atoms with Gasteiger partial charge in [0.05, 0.1) is 17.6 Å². The Labute approximate surface area is 198 Å². The van der Waals surface area contributed by atoms with Gasteiger partial charge >= 0.3 is 0 Å². The lowest BCUT2D eigenvalue weighted by atomic mass is 9.91. The number of nitrogens with zero attached hydrogens (tertiary/aromatic N) is 5. The second kappa shape index (κ2) is 8.26. The molecule has 7 heteroatoms. The number of carbonyl (C=O) groups is 1. The molecule has 0 atom stereocenters. The molecule has 0 saturated carbocycles. The fourth-order valence-corrected chi connectivity index (χ4v) is 3.92. The second-order valence-corrected chi connectivity index (χ2v) is 9.35. The molecule has 0 aliphatic heterocycles. The number of carbonyl (C=O) groups excluding carboxylic acids is 1. The minimum atomic E-state index is -0.168. The molecule has 5 aromatic rings. The van der Waals surface area contributed by atoms with E-state index in [9.17, 15) is 4.79 Å². The molecule has 0 radical (unpaired) electrons. The lowest BCUT2D eigenvalue weighted by Gasteiger charge is -2.18. The third kappa shape index (κ3) is 3.96. The Morgan fingerprint density at radius 3 is 2.59 bits per heavy atom. The number of anilines is 1. The van der Waals surface area contributed by atoms with Crippen molar-refractivity contribution in [2.45, 2.75) is 33.1 Å². The predicted octanol–water partition coefficient (Wildman–Crippen LogP) is 5.44. The molecular weight excluding hydrogens is 424 g/mol. The molecule has 5 rings (SSSR count). The van der Waals surface area contributed by atoms with Crippen molar-refractivity contribution in [3.63, 3.8) is 0 Å². The van der Waals surface area contributed by atoms with Gasteiger partial charge in [0.2, 0.25) is 0 Å². The van der Waals surface area contributed by atoms with Crippen molar-refractivity contribution in [1.82, 2.24) is 24.1 Å². The van der Waals surface area contributed by atoms with E-state index in [1.54, 1.807) is 18.5 Å². The number of fused-ring (bicyclic) bond motifs is 1. The molecule has 7 nitrogen and oxygen atoms in total. The van der Waals surface area contributed by atoms with Gasteiger partial charge < -0.3 is 5.32 Å². The fourth-order valence-electron chi connectivity index (χ4n) is 3.92. The van der Waals surface area contributed by atoms with Crippen molar-refractivity contribution in [3.05, 3.63) is 96.3 Å². The molecule has 1 N–H and O–H groups in total. The average molecular weight is 451 g/mol. The van der Waals surface area contributed by atoms with Crippen LogP contribution in [0, 0.1) is 6.92 Å². The Bertz CT molecular complexity index is 1490. The third-order valence-corrected chi connectivity index (χ3v) is 5.81. The molecule has 0 unspecified atom stereocenters. The number of hydrogen-bond acceptors (Lipinski definition) is 4. The molecule has 4 aromatic heterocycles. The van der Waals surface area contributed by atoms with Gasteiger partial charge in [-0.15, -0.1) is 0 Å². The van der Waals surface area contributed by atoms with Gasteiger partial charge in [-0.1, -0.05) is 26.8 Å². The summed E-state index contributed by atoms with van der Waals surface area (Å²) in [6, 6.07) is 15.4. The number of benzene rings is 1. The van der Waals surface area contributed by atoms with Crippen LogP contribution in [0.5, 0.6) is 0 Å². The highest BCUT2D eigenvalue weighted by Gasteiger charge is 2.18. The first-order valence-corrected chi connectivity index (χ1v) is 11.2. The molecule has 1 amide bonds. The van der Waals surface area contributed by atoms with Crippen molar-refractivity contribution in [3.8, 4) is 16.9 Å². The Balaban J connectivity index is 1.51. The predicted molar refractivity (Wildman–Crippen MR) is 133 cm³/mol. The van der Waals surface area contributed by atoms with Gasteiger partial charge in [-0.25, -0.2) is 9.50 Å². The highest BCUT2D eigenvalue weighted by atomic mass is 16.1.